The summed E-state index contributed by atoms with van der Waals surface area (Å²) in [6.07, 6.45) is 5.36. The molecule has 222 valence electrons. The zero-order valence-electron chi connectivity index (χ0n) is 24.1. The van der Waals surface area contributed by atoms with Crippen molar-refractivity contribution in [1.29, 1.82) is 0 Å². The van der Waals surface area contributed by atoms with Crippen molar-refractivity contribution < 1.29 is 44.2 Å². The molecule has 40 heavy (non-hydrogen) atoms. The first kappa shape index (κ1) is 31.0. The summed E-state index contributed by atoms with van der Waals surface area (Å²) < 4.78 is 24.6. The molecule has 1 aliphatic carbocycles. The fourth-order valence-corrected chi connectivity index (χ4v) is 5.79. The molecule has 1 spiro atoms. The van der Waals surface area contributed by atoms with Gasteiger partial charge >= 0.3 is 0 Å². The highest BCUT2D eigenvalue weighted by Crippen LogP contribution is 2.43. The molecule has 0 aromatic heterocycles. The number of rotatable bonds is 8. The van der Waals surface area contributed by atoms with E-state index in [9.17, 15) is 25.2 Å². The molecule has 0 bridgehead atoms. The Kier molecular flexibility index (Phi) is 10.0. The summed E-state index contributed by atoms with van der Waals surface area (Å²) in [6, 6.07) is 0. The van der Waals surface area contributed by atoms with Gasteiger partial charge in [0, 0.05) is 12.3 Å². The summed E-state index contributed by atoms with van der Waals surface area (Å²) in [7, 11) is 0. The van der Waals surface area contributed by atoms with Gasteiger partial charge in [-0.2, -0.15) is 0 Å². The molecule has 0 radical (unpaired) electrons. The Bertz CT molecular complexity index is 1100. The number of allylic oxidation sites excluding steroid dienone is 4. The lowest BCUT2D eigenvalue weighted by Crippen LogP contribution is -2.59. The Balaban J connectivity index is 1.59. The number of carbonyl (C=O) groups excluding carboxylic acids is 1. The minimum atomic E-state index is -1.54. The highest BCUT2D eigenvalue weighted by atomic mass is 16.7. The van der Waals surface area contributed by atoms with Crippen LogP contribution in [0.1, 0.15) is 60.3 Å². The number of Topliss-reactive ketones (excluding diaryl/α,β-unsaturated/α-hetero) is 1. The molecule has 4 rings (SSSR count). The Hall–Kier alpha value is -1.95. The van der Waals surface area contributed by atoms with Crippen LogP contribution in [0.4, 0.5) is 0 Å². The lowest BCUT2D eigenvalue weighted by Gasteiger charge is -2.46. The Morgan fingerprint density at radius 2 is 1.82 bits per heavy atom. The third-order valence-corrected chi connectivity index (χ3v) is 7.97. The van der Waals surface area contributed by atoms with E-state index in [0.29, 0.717) is 5.57 Å². The Labute approximate surface area is 236 Å². The van der Waals surface area contributed by atoms with Gasteiger partial charge in [-0.1, -0.05) is 28.9 Å². The van der Waals surface area contributed by atoms with Gasteiger partial charge in [0.25, 0.3) is 0 Å². The summed E-state index contributed by atoms with van der Waals surface area (Å²) in [5.74, 6) is -1.45. The molecular formula is C31H44O9. The summed E-state index contributed by atoms with van der Waals surface area (Å²) in [5, 5.41) is 40.2. The van der Waals surface area contributed by atoms with Crippen LogP contribution in [-0.2, 0) is 23.7 Å². The third kappa shape index (κ3) is 7.09. The number of ether oxygens (including phenoxy) is 4. The van der Waals surface area contributed by atoms with Crippen molar-refractivity contribution in [3.63, 3.8) is 0 Å². The molecule has 5 unspecified atom stereocenters. The number of aliphatic hydroxyl groups excluding tert-OH is 4. The summed E-state index contributed by atoms with van der Waals surface area (Å²) in [6.45, 7) is 9.53. The van der Waals surface area contributed by atoms with Gasteiger partial charge in [-0.3, -0.25) is 4.79 Å². The second kappa shape index (κ2) is 12.9. The van der Waals surface area contributed by atoms with Crippen LogP contribution in [0.5, 0.6) is 0 Å². The molecule has 9 heteroatoms. The second-order valence-electron chi connectivity index (χ2n) is 11.8. The molecule has 0 aromatic carbocycles. The summed E-state index contributed by atoms with van der Waals surface area (Å²) in [5.41, 5.74) is 5.02. The number of carbonyl (C=O) groups is 1. The van der Waals surface area contributed by atoms with E-state index in [4.69, 9.17) is 18.9 Å². The maximum atomic E-state index is 12.6. The number of ketones is 1. The molecule has 1 saturated heterocycles. The van der Waals surface area contributed by atoms with Crippen molar-refractivity contribution in [2.24, 2.45) is 5.92 Å². The fourth-order valence-electron chi connectivity index (χ4n) is 5.79. The third-order valence-electron chi connectivity index (χ3n) is 7.97. The van der Waals surface area contributed by atoms with Gasteiger partial charge in [-0.05, 0) is 83.3 Å². The number of aliphatic hydroxyl groups is 4. The van der Waals surface area contributed by atoms with E-state index in [0.717, 1.165) is 30.4 Å². The van der Waals surface area contributed by atoms with Crippen LogP contribution in [-0.4, -0.2) is 88.1 Å². The van der Waals surface area contributed by atoms with Gasteiger partial charge in [0.2, 0.25) is 5.79 Å². The summed E-state index contributed by atoms with van der Waals surface area (Å²) in [4.78, 5) is 12.6. The SMILES string of the molecule is CC(C)=CCCC(C)=C[C@@H]1CC(C)=C[C@]2(C=C(COC3OC(CO)C(O)C(O)C3O)[C@H]3CC(=O)C(C)=C[C@H]3O2)O1. The van der Waals surface area contributed by atoms with Gasteiger partial charge in [-0.25, -0.2) is 0 Å². The molecule has 4 aliphatic rings. The van der Waals surface area contributed by atoms with Gasteiger partial charge in [-0.15, -0.1) is 0 Å². The van der Waals surface area contributed by atoms with Gasteiger partial charge in [0.05, 0.1) is 25.4 Å². The van der Waals surface area contributed by atoms with Crippen molar-refractivity contribution in [1.82, 2.24) is 0 Å². The van der Waals surface area contributed by atoms with Crippen molar-refractivity contribution >= 4 is 5.78 Å². The van der Waals surface area contributed by atoms with Crippen molar-refractivity contribution in [2.45, 2.75) is 109 Å². The van der Waals surface area contributed by atoms with E-state index < -0.39 is 49.2 Å². The highest BCUT2D eigenvalue weighted by Gasteiger charge is 2.47. The number of hydrogen-bond donors (Lipinski definition) is 4. The Morgan fingerprint density at radius 3 is 2.52 bits per heavy atom. The first-order valence-electron chi connectivity index (χ1n) is 14.1. The van der Waals surface area contributed by atoms with Crippen LogP contribution in [0.3, 0.4) is 0 Å². The molecule has 3 aliphatic heterocycles. The average Bonchev–Trinajstić information content (AvgIpc) is 2.87. The average molecular weight is 561 g/mol. The van der Waals surface area contributed by atoms with Crippen LogP contribution < -0.4 is 0 Å². The van der Waals surface area contributed by atoms with E-state index in [1.807, 2.05) is 25.2 Å². The molecule has 4 N–H and O–H groups in total. The fraction of sp³-hybridized carbons (Fsp3) is 0.645. The summed E-state index contributed by atoms with van der Waals surface area (Å²) >= 11 is 0. The van der Waals surface area contributed by atoms with Crippen LogP contribution in [0.15, 0.2) is 58.2 Å². The van der Waals surface area contributed by atoms with E-state index in [1.165, 1.54) is 11.1 Å². The monoisotopic (exact) mass is 560 g/mol. The minimum Gasteiger partial charge on any atom is -0.394 e. The molecule has 1 fully saturated rings. The van der Waals surface area contributed by atoms with Crippen LogP contribution in [0.2, 0.25) is 0 Å². The van der Waals surface area contributed by atoms with Crippen LogP contribution in [0.25, 0.3) is 0 Å². The van der Waals surface area contributed by atoms with E-state index >= 15 is 0 Å². The van der Waals surface area contributed by atoms with E-state index in [1.54, 1.807) is 6.92 Å². The minimum absolute atomic E-state index is 0.0172. The zero-order valence-corrected chi connectivity index (χ0v) is 24.1. The van der Waals surface area contributed by atoms with Crippen LogP contribution in [0, 0.1) is 5.92 Å². The molecule has 0 saturated carbocycles. The van der Waals surface area contributed by atoms with Crippen molar-refractivity contribution in [3.8, 4) is 0 Å². The van der Waals surface area contributed by atoms with E-state index in [-0.39, 0.29) is 30.8 Å². The zero-order chi connectivity index (χ0) is 29.2. The maximum absolute atomic E-state index is 12.6. The predicted octanol–water partition coefficient (Wildman–Crippen LogP) is 2.79. The molecule has 9 atom stereocenters. The standard InChI is InChI=1S/C31H44O9/c1-17(2)7-6-8-18(3)9-22-10-19(4)13-31(39-22)14-21(23-12-24(33)20(5)11-25(23)40-31)16-37-30-29(36)28(35)27(34)26(15-32)38-30/h7,9,11,13-14,22-23,25-30,32,34-36H,6,8,10,12,15-16H2,1-5H3/t22-,23-,25-,26?,27?,28?,29?,30?,31+/m1/s1. The topological polar surface area (TPSA) is 135 Å². The quantitative estimate of drug-likeness (QED) is 0.331. The second-order valence-corrected chi connectivity index (χ2v) is 11.8. The molecule has 0 amide bonds. The number of fused-ring (bicyclic) bond motifs is 1. The van der Waals surface area contributed by atoms with Crippen molar-refractivity contribution in [2.75, 3.05) is 13.2 Å². The predicted molar refractivity (Wildman–Crippen MR) is 148 cm³/mol. The lowest BCUT2D eigenvalue weighted by atomic mass is 9.79. The van der Waals surface area contributed by atoms with Gasteiger partial charge in [0.1, 0.15) is 24.4 Å². The molecule has 0 aromatic rings. The maximum Gasteiger partial charge on any atom is 0.209 e. The molecule has 9 nitrogen and oxygen atoms in total. The van der Waals surface area contributed by atoms with Crippen LogP contribution >= 0.6 is 0 Å². The largest absolute Gasteiger partial charge is 0.394 e. The first-order valence-corrected chi connectivity index (χ1v) is 14.1. The van der Waals surface area contributed by atoms with Gasteiger partial charge < -0.3 is 39.4 Å². The van der Waals surface area contributed by atoms with E-state index in [2.05, 4.69) is 32.9 Å². The number of hydrogen-bond acceptors (Lipinski definition) is 9. The Morgan fingerprint density at radius 1 is 1.07 bits per heavy atom. The van der Waals surface area contributed by atoms with Gasteiger partial charge in [0.15, 0.2) is 12.1 Å². The smallest absolute Gasteiger partial charge is 0.209 e. The normalized spacial score (nSPS) is 38.4. The first-order chi connectivity index (χ1) is 18.9. The molecular weight excluding hydrogens is 516 g/mol. The highest BCUT2D eigenvalue weighted by molar-refractivity contribution is 5.96. The van der Waals surface area contributed by atoms with Crippen molar-refractivity contribution in [3.05, 3.63) is 58.2 Å². The lowest BCUT2D eigenvalue weighted by molar-refractivity contribution is -0.300. The molecule has 3 heterocycles.